The topological polar surface area (TPSA) is 52.7 Å². The summed E-state index contributed by atoms with van der Waals surface area (Å²) in [5.41, 5.74) is 1.46. The molecule has 1 atom stereocenters. The number of carbonyl (C=O) groups excluding carboxylic acids is 2. The van der Waals surface area contributed by atoms with Gasteiger partial charge in [-0.15, -0.1) is 0 Å². The van der Waals surface area contributed by atoms with E-state index in [1.54, 1.807) is 0 Å². The standard InChI is InChI=1S/C22H31N3O2/c26-20(23-13-10-18-5-2-1-3-6-18)15-24-14-4-11-22(16-24)12-9-21(27)25(17-22)19-7-8-19/h1-3,5-6,19H,4,7-17H2,(H,23,26)/t22-/m1/s1. The fourth-order valence-electron chi connectivity index (χ4n) is 4.79. The SMILES string of the molecule is O=C(CN1CCC[C@@]2(CCC(=O)N(C3CC3)C2)C1)NCCc1ccccc1. The van der Waals surface area contributed by atoms with Crippen molar-refractivity contribution in [3.05, 3.63) is 35.9 Å². The maximum absolute atomic E-state index is 12.4. The van der Waals surface area contributed by atoms with Gasteiger partial charge in [0, 0.05) is 37.5 Å². The minimum Gasteiger partial charge on any atom is -0.355 e. The first-order chi connectivity index (χ1) is 13.1. The Labute approximate surface area is 162 Å². The Morgan fingerprint density at radius 3 is 2.74 bits per heavy atom. The summed E-state index contributed by atoms with van der Waals surface area (Å²) in [4.78, 5) is 29.1. The molecule has 0 radical (unpaired) electrons. The molecule has 2 aliphatic heterocycles. The first-order valence-electron chi connectivity index (χ1n) is 10.5. The zero-order valence-corrected chi connectivity index (χ0v) is 16.2. The average Bonchev–Trinajstić information content (AvgIpc) is 3.50. The van der Waals surface area contributed by atoms with Crippen LogP contribution < -0.4 is 5.32 Å². The lowest BCUT2D eigenvalue weighted by Crippen LogP contribution is -2.55. The van der Waals surface area contributed by atoms with Crippen molar-refractivity contribution in [1.29, 1.82) is 0 Å². The van der Waals surface area contributed by atoms with Crippen LogP contribution in [0, 0.1) is 5.41 Å². The molecule has 3 aliphatic rings. The first-order valence-corrected chi connectivity index (χ1v) is 10.5. The van der Waals surface area contributed by atoms with E-state index in [1.807, 2.05) is 18.2 Å². The summed E-state index contributed by atoms with van der Waals surface area (Å²) in [5.74, 6) is 0.466. The van der Waals surface area contributed by atoms with Gasteiger partial charge >= 0.3 is 0 Å². The molecule has 1 saturated carbocycles. The number of amides is 2. The molecule has 27 heavy (non-hydrogen) atoms. The Balaban J connectivity index is 1.25. The summed E-state index contributed by atoms with van der Waals surface area (Å²) in [5, 5.41) is 3.07. The zero-order valence-electron chi connectivity index (χ0n) is 16.2. The number of nitrogens with one attached hydrogen (secondary N) is 1. The molecule has 1 spiro atoms. The second-order valence-electron chi connectivity index (χ2n) is 8.65. The predicted molar refractivity (Wildman–Crippen MR) is 105 cm³/mol. The molecule has 1 N–H and O–H groups in total. The quantitative estimate of drug-likeness (QED) is 0.836. The molecule has 2 amide bonds. The van der Waals surface area contributed by atoms with Crippen LogP contribution in [-0.4, -0.2) is 60.4 Å². The van der Waals surface area contributed by atoms with Crippen molar-refractivity contribution in [2.24, 2.45) is 5.41 Å². The smallest absolute Gasteiger partial charge is 0.234 e. The molecule has 1 aromatic carbocycles. The van der Waals surface area contributed by atoms with Crippen LogP contribution >= 0.6 is 0 Å². The summed E-state index contributed by atoms with van der Waals surface area (Å²) in [6.45, 7) is 4.02. The Bertz CT molecular complexity index is 673. The van der Waals surface area contributed by atoms with Gasteiger partial charge in [-0.1, -0.05) is 30.3 Å². The van der Waals surface area contributed by atoms with Crippen molar-refractivity contribution >= 4 is 11.8 Å². The normalized spacial score (nSPS) is 26.4. The predicted octanol–water partition coefficient (Wildman–Crippen LogP) is 2.21. The van der Waals surface area contributed by atoms with Gasteiger partial charge in [-0.25, -0.2) is 0 Å². The maximum Gasteiger partial charge on any atom is 0.234 e. The molecule has 1 aliphatic carbocycles. The summed E-state index contributed by atoms with van der Waals surface area (Å²) in [6, 6.07) is 10.8. The fraction of sp³-hybridized carbons (Fsp3) is 0.636. The highest BCUT2D eigenvalue weighted by atomic mass is 16.2. The van der Waals surface area contributed by atoms with Crippen molar-refractivity contribution in [2.45, 2.75) is 51.0 Å². The van der Waals surface area contributed by atoms with Crippen LogP contribution in [0.15, 0.2) is 30.3 Å². The molecule has 5 heteroatoms. The van der Waals surface area contributed by atoms with Crippen LogP contribution in [-0.2, 0) is 16.0 Å². The van der Waals surface area contributed by atoms with E-state index in [1.165, 1.54) is 24.8 Å². The minimum atomic E-state index is 0.119. The van der Waals surface area contributed by atoms with Crippen molar-refractivity contribution in [2.75, 3.05) is 32.7 Å². The number of hydrogen-bond acceptors (Lipinski definition) is 3. The van der Waals surface area contributed by atoms with E-state index in [2.05, 4.69) is 27.2 Å². The molecule has 0 unspecified atom stereocenters. The average molecular weight is 370 g/mol. The third-order valence-corrected chi connectivity index (χ3v) is 6.37. The van der Waals surface area contributed by atoms with Gasteiger partial charge in [-0.2, -0.15) is 0 Å². The molecule has 3 fully saturated rings. The van der Waals surface area contributed by atoms with Crippen LogP contribution in [0.25, 0.3) is 0 Å². The number of piperidine rings is 2. The van der Waals surface area contributed by atoms with Crippen molar-refractivity contribution in [3.63, 3.8) is 0 Å². The highest BCUT2D eigenvalue weighted by Crippen LogP contribution is 2.42. The Morgan fingerprint density at radius 1 is 1.15 bits per heavy atom. The largest absolute Gasteiger partial charge is 0.355 e. The van der Waals surface area contributed by atoms with Gasteiger partial charge in [0.25, 0.3) is 0 Å². The van der Waals surface area contributed by atoms with Gasteiger partial charge in [-0.05, 0) is 50.6 Å². The lowest BCUT2D eigenvalue weighted by molar-refractivity contribution is -0.140. The van der Waals surface area contributed by atoms with Gasteiger partial charge in [0.1, 0.15) is 0 Å². The zero-order chi connectivity index (χ0) is 18.7. The van der Waals surface area contributed by atoms with E-state index in [-0.39, 0.29) is 11.3 Å². The van der Waals surface area contributed by atoms with Crippen LogP contribution in [0.3, 0.4) is 0 Å². The van der Waals surface area contributed by atoms with E-state index < -0.39 is 0 Å². The number of likely N-dealkylation sites (tertiary alicyclic amines) is 2. The number of rotatable bonds is 6. The molecule has 146 valence electrons. The molecule has 2 saturated heterocycles. The van der Waals surface area contributed by atoms with E-state index in [0.29, 0.717) is 31.5 Å². The van der Waals surface area contributed by atoms with Crippen LogP contribution in [0.5, 0.6) is 0 Å². The maximum atomic E-state index is 12.4. The first kappa shape index (κ1) is 18.5. The molecular formula is C22H31N3O2. The highest BCUT2D eigenvalue weighted by molar-refractivity contribution is 5.78. The third kappa shape index (κ3) is 4.70. The van der Waals surface area contributed by atoms with Gasteiger partial charge in [0.15, 0.2) is 0 Å². The van der Waals surface area contributed by atoms with Gasteiger partial charge in [-0.3, -0.25) is 14.5 Å². The lowest BCUT2D eigenvalue weighted by Gasteiger charge is -2.48. The van der Waals surface area contributed by atoms with Crippen LogP contribution in [0.1, 0.15) is 44.1 Å². The molecule has 5 nitrogen and oxygen atoms in total. The monoisotopic (exact) mass is 369 g/mol. The molecule has 0 aromatic heterocycles. The summed E-state index contributed by atoms with van der Waals surface area (Å²) in [7, 11) is 0. The van der Waals surface area contributed by atoms with Gasteiger partial charge in [0.2, 0.25) is 11.8 Å². The Hall–Kier alpha value is -1.88. The van der Waals surface area contributed by atoms with E-state index >= 15 is 0 Å². The third-order valence-electron chi connectivity index (χ3n) is 6.37. The van der Waals surface area contributed by atoms with Crippen molar-refractivity contribution in [1.82, 2.24) is 15.1 Å². The fourth-order valence-corrected chi connectivity index (χ4v) is 4.79. The molecule has 2 heterocycles. The van der Waals surface area contributed by atoms with Crippen molar-refractivity contribution < 1.29 is 9.59 Å². The number of hydrogen-bond donors (Lipinski definition) is 1. The van der Waals surface area contributed by atoms with E-state index in [9.17, 15) is 9.59 Å². The molecule has 1 aromatic rings. The Morgan fingerprint density at radius 2 is 1.96 bits per heavy atom. The van der Waals surface area contributed by atoms with Crippen LogP contribution in [0.2, 0.25) is 0 Å². The van der Waals surface area contributed by atoms with Crippen LogP contribution in [0.4, 0.5) is 0 Å². The number of carbonyl (C=O) groups is 2. The summed E-state index contributed by atoms with van der Waals surface area (Å²) in [6.07, 6.45) is 7.22. The van der Waals surface area contributed by atoms with Gasteiger partial charge < -0.3 is 10.2 Å². The van der Waals surface area contributed by atoms with Gasteiger partial charge in [0.05, 0.1) is 6.54 Å². The second-order valence-corrected chi connectivity index (χ2v) is 8.65. The lowest BCUT2D eigenvalue weighted by atomic mass is 9.73. The molecule has 4 rings (SSSR count). The Kier molecular flexibility index (Phi) is 5.48. The van der Waals surface area contributed by atoms with Crippen molar-refractivity contribution in [3.8, 4) is 0 Å². The molecule has 0 bridgehead atoms. The molecular weight excluding hydrogens is 338 g/mol. The van der Waals surface area contributed by atoms with E-state index in [4.69, 9.17) is 0 Å². The second kappa shape index (κ2) is 8.01. The highest BCUT2D eigenvalue weighted by Gasteiger charge is 2.45. The summed E-state index contributed by atoms with van der Waals surface area (Å²) >= 11 is 0. The number of benzene rings is 1. The van der Waals surface area contributed by atoms with E-state index in [0.717, 1.165) is 38.9 Å². The summed E-state index contributed by atoms with van der Waals surface area (Å²) < 4.78 is 0. The minimum absolute atomic E-state index is 0.119. The number of nitrogens with zero attached hydrogens (tertiary/aromatic N) is 2.